The molecule has 0 radical (unpaired) electrons. The van der Waals surface area contributed by atoms with Crippen molar-refractivity contribution < 1.29 is 4.79 Å². The number of ketones is 1. The number of Topliss-reactive ketones (excluding diaryl/α,β-unsaturated/α-hetero) is 1. The van der Waals surface area contributed by atoms with Crippen LogP contribution in [0.5, 0.6) is 0 Å². The maximum Gasteiger partial charge on any atom is 0.348 e. The molecule has 1 atom stereocenters. The fraction of sp³-hybridized carbons (Fsp3) is 0.200. The van der Waals surface area contributed by atoms with Crippen LogP contribution in [0.1, 0.15) is 40.1 Å². The van der Waals surface area contributed by atoms with Crippen molar-refractivity contribution in [2.45, 2.75) is 26.4 Å². The first-order chi connectivity index (χ1) is 12.5. The molecule has 0 saturated heterocycles. The molecule has 0 N–H and O–H groups in total. The van der Waals surface area contributed by atoms with Crippen LogP contribution in [-0.4, -0.2) is 25.1 Å². The van der Waals surface area contributed by atoms with Crippen molar-refractivity contribution in [3.63, 3.8) is 0 Å². The smallest absolute Gasteiger partial charge is 0.292 e. The van der Waals surface area contributed by atoms with E-state index in [1.165, 1.54) is 10.8 Å². The standard InChI is InChI=1S/C20H20N4O2/c1-4-16-10-21-20(26)23(12-16)15(3)19(25)18-11-22-24(14(18)2)13-17-8-6-5-7-9-17/h4-12,15H,1,13H2,2-3H3. The molecule has 2 heterocycles. The molecule has 26 heavy (non-hydrogen) atoms. The Bertz CT molecular complexity index is 1000. The van der Waals surface area contributed by atoms with E-state index in [2.05, 4.69) is 16.7 Å². The van der Waals surface area contributed by atoms with Crippen LogP contribution >= 0.6 is 0 Å². The Labute approximate surface area is 151 Å². The highest BCUT2D eigenvalue weighted by atomic mass is 16.2. The van der Waals surface area contributed by atoms with E-state index in [-0.39, 0.29) is 5.78 Å². The maximum atomic E-state index is 12.9. The van der Waals surface area contributed by atoms with Crippen molar-refractivity contribution in [3.05, 3.63) is 88.4 Å². The fourth-order valence-corrected chi connectivity index (χ4v) is 2.78. The van der Waals surface area contributed by atoms with Crippen LogP contribution in [0.25, 0.3) is 6.08 Å². The van der Waals surface area contributed by atoms with Gasteiger partial charge in [-0.3, -0.25) is 14.0 Å². The van der Waals surface area contributed by atoms with Gasteiger partial charge in [-0.25, -0.2) is 9.78 Å². The summed E-state index contributed by atoms with van der Waals surface area (Å²) in [5, 5.41) is 4.34. The summed E-state index contributed by atoms with van der Waals surface area (Å²) in [6.45, 7) is 7.80. The zero-order valence-corrected chi connectivity index (χ0v) is 14.8. The van der Waals surface area contributed by atoms with Crippen molar-refractivity contribution in [3.8, 4) is 0 Å². The fourth-order valence-electron chi connectivity index (χ4n) is 2.78. The molecular formula is C20H20N4O2. The van der Waals surface area contributed by atoms with E-state index in [9.17, 15) is 9.59 Å². The SMILES string of the molecule is C=Cc1cnc(=O)n(C(C)C(=O)c2cnn(Cc3ccccc3)c2C)c1. The molecule has 0 aliphatic rings. The van der Waals surface area contributed by atoms with Crippen molar-refractivity contribution >= 4 is 11.9 Å². The van der Waals surface area contributed by atoms with Gasteiger partial charge in [-0.15, -0.1) is 0 Å². The third kappa shape index (κ3) is 3.39. The van der Waals surface area contributed by atoms with Gasteiger partial charge in [0.2, 0.25) is 0 Å². The second-order valence-corrected chi connectivity index (χ2v) is 6.11. The first kappa shape index (κ1) is 17.5. The molecule has 0 amide bonds. The quantitative estimate of drug-likeness (QED) is 0.642. The molecule has 1 aromatic carbocycles. The van der Waals surface area contributed by atoms with Crippen molar-refractivity contribution in [1.29, 1.82) is 0 Å². The van der Waals surface area contributed by atoms with E-state index in [4.69, 9.17) is 0 Å². The minimum atomic E-state index is -0.678. The number of rotatable bonds is 6. The minimum Gasteiger partial charge on any atom is -0.292 e. The number of hydrogen-bond donors (Lipinski definition) is 0. The lowest BCUT2D eigenvalue weighted by atomic mass is 10.1. The molecule has 0 spiro atoms. The van der Waals surface area contributed by atoms with E-state index in [1.807, 2.05) is 37.3 Å². The summed E-state index contributed by atoms with van der Waals surface area (Å²) in [6.07, 6.45) is 6.18. The number of nitrogens with zero attached hydrogens (tertiary/aromatic N) is 4. The molecule has 0 bridgehead atoms. The van der Waals surface area contributed by atoms with Crippen LogP contribution in [0.4, 0.5) is 0 Å². The number of aromatic nitrogens is 4. The Hall–Kier alpha value is -3.28. The molecule has 6 heteroatoms. The highest BCUT2D eigenvalue weighted by Gasteiger charge is 2.22. The van der Waals surface area contributed by atoms with Gasteiger partial charge in [-0.05, 0) is 19.4 Å². The van der Waals surface area contributed by atoms with Crippen molar-refractivity contribution in [2.24, 2.45) is 0 Å². The van der Waals surface area contributed by atoms with Gasteiger partial charge in [0.15, 0.2) is 5.78 Å². The second-order valence-electron chi connectivity index (χ2n) is 6.11. The lowest BCUT2D eigenvalue weighted by Gasteiger charge is -2.14. The summed E-state index contributed by atoms with van der Waals surface area (Å²) in [5.74, 6) is -0.174. The van der Waals surface area contributed by atoms with Crippen LogP contribution in [-0.2, 0) is 6.54 Å². The molecule has 6 nitrogen and oxygen atoms in total. The highest BCUT2D eigenvalue weighted by Crippen LogP contribution is 2.17. The van der Waals surface area contributed by atoms with E-state index in [1.54, 1.807) is 30.1 Å². The van der Waals surface area contributed by atoms with Gasteiger partial charge in [-0.1, -0.05) is 43.0 Å². The average Bonchev–Trinajstić information content (AvgIpc) is 3.02. The van der Waals surface area contributed by atoms with E-state index >= 15 is 0 Å². The summed E-state index contributed by atoms with van der Waals surface area (Å²) in [5.41, 5.74) is 2.59. The Morgan fingerprint density at radius 2 is 2.00 bits per heavy atom. The number of carbonyl (C=O) groups is 1. The molecule has 0 aliphatic heterocycles. The van der Waals surface area contributed by atoms with Crippen molar-refractivity contribution in [1.82, 2.24) is 19.3 Å². The largest absolute Gasteiger partial charge is 0.348 e. The topological polar surface area (TPSA) is 69.8 Å². The zero-order chi connectivity index (χ0) is 18.7. The van der Waals surface area contributed by atoms with Gasteiger partial charge < -0.3 is 0 Å². The van der Waals surface area contributed by atoms with Gasteiger partial charge in [0.1, 0.15) is 0 Å². The summed E-state index contributed by atoms with van der Waals surface area (Å²) < 4.78 is 3.11. The molecule has 132 valence electrons. The summed E-state index contributed by atoms with van der Waals surface area (Å²) in [6, 6.07) is 9.24. The molecule has 0 aliphatic carbocycles. The normalized spacial score (nSPS) is 11.9. The van der Waals surface area contributed by atoms with Crippen LogP contribution in [0.15, 0.2) is 60.3 Å². The molecule has 0 saturated carbocycles. The van der Waals surface area contributed by atoms with Gasteiger partial charge in [0.05, 0.1) is 24.3 Å². The summed E-state index contributed by atoms with van der Waals surface area (Å²) in [7, 11) is 0. The first-order valence-corrected chi connectivity index (χ1v) is 8.32. The Kier molecular flexibility index (Phi) is 4.93. The summed E-state index contributed by atoms with van der Waals surface area (Å²) in [4.78, 5) is 28.8. The van der Waals surface area contributed by atoms with E-state index in [0.717, 1.165) is 11.3 Å². The molecule has 2 aromatic heterocycles. The Morgan fingerprint density at radius 3 is 2.69 bits per heavy atom. The van der Waals surface area contributed by atoms with Crippen molar-refractivity contribution in [2.75, 3.05) is 0 Å². The van der Waals surface area contributed by atoms with Crippen LogP contribution < -0.4 is 5.69 Å². The monoisotopic (exact) mass is 348 g/mol. The lowest BCUT2D eigenvalue weighted by molar-refractivity contribution is 0.0931. The Morgan fingerprint density at radius 1 is 1.27 bits per heavy atom. The van der Waals surface area contributed by atoms with Gasteiger partial charge in [0, 0.05) is 23.7 Å². The zero-order valence-electron chi connectivity index (χ0n) is 14.8. The maximum absolute atomic E-state index is 12.9. The average molecular weight is 348 g/mol. The summed E-state index contributed by atoms with van der Waals surface area (Å²) >= 11 is 0. The van der Waals surface area contributed by atoms with Gasteiger partial charge in [0.25, 0.3) is 0 Å². The Balaban J connectivity index is 1.89. The van der Waals surface area contributed by atoms with E-state index in [0.29, 0.717) is 17.7 Å². The lowest BCUT2D eigenvalue weighted by Crippen LogP contribution is -2.30. The molecule has 0 fully saturated rings. The predicted octanol–water partition coefficient (Wildman–Crippen LogP) is 2.88. The molecule has 3 aromatic rings. The third-order valence-corrected chi connectivity index (χ3v) is 4.41. The van der Waals surface area contributed by atoms with Gasteiger partial charge >= 0.3 is 5.69 Å². The predicted molar refractivity (Wildman–Crippen MR) is 100 cm³/mol. The first-order valence-electron chi connectivity index (χ1n) is 8.32. The highest BCUT2D eigenvalue weighted by molar-refractivity contribution is 5.99. The number of carbonyl (C=O) groups excluding carboxylic acids is 1. The minimum absolute atomic E-state index is 0.174. The second kappa shape index (κ2) is 7.31. The number of hydrogen-bond acceptors (Lipinski definition) is 4. The van der Waals surface area contributed by atoms with Crippen LogP contribution in [0, 0.1) is 6.92 Å². The van der Waals surface area contributed by atoms with Crippen LogP contribution in [0.2, 0.25) is 0 Å². The van der Waals surface area contributed by atoms with E-state index < -0.39 is 11.7 Å². The third-order valence-electron chi connectivity index (χ3n) is 4.41. The molecule has 1 unspecified atom stereocenters. The molecule has 3 rings (SSSR count). The molecular weight excluding hydrogens is 328 g/mol. The van der Waals surface area contributed by atoms with Gasteiger partial charge in [-0.2, -0.15) is 5.10 Å². The van der Waals surface area contributed by atoms with Crippen LogP contribution in [0.3, 0.4) is 0 Å². The number of benzene rings is 1.